The van der Waals surface area contributed by atoms with Crippen molar-refractivity contribution < 1.29 is 4.79 Å². The SMILES string of the molecule is CC(CBr)CNC(=O)c1ccncc1Cl. The number of pyridine rings is 1. The fourth-order valence-corrected chi connectivity index (χ4v) is 1.41. The monoisotopic (exact) mass is 290 g/mol. The van der Waals surface area contributed by atoms with E-state index in [0.29, 0.717) is 23.0 Å². The Morgan fingerprint density at radius 2 is 2.47 bits per heavy atom. The van der Waals surface area contributed by atoms with Gasteiger partial charge in [-0.05, 0) is 12.0 Å². The number of nitrogens with one attached hydrogen (secondary N) is 1. The fraction of sp³-hybridized carbons (Fsp3) is 0.400. The number of rotatable bonds is 4. The smallest absolute Gasteiger partial charge is 0.252 e. The zero-order valence-corrected chi connectivity index (χ0v) is 10.7. The van der Waals surface area contributed by atoms with Gasteiger partial charge in [-0.1, -0.05) is 34.5 Å². The van der Waals surface area contributed by atoms with Crippen LogP contribution in [-0.2, 0) is 0 Å². The van der Waals surface area contributed by atoms with Gasteiger partial charge in [-0.3, -0.25) is 9.78 Å². The Hall–Kier alpha value is -0.610. The van der Waals surface area contributed by atoms with Crippen LogP contribution in [0.3, 0.4) is 0 Å². The third-order valence-corrected chi connectivity index (χ3v) is 3.30. The quantitative estimate of drug-likeness (QED) is 0.866. The molecule has 1 N–H and O–H groups in total. The standard InChI is InChI=1S/C10H12BrClN2O/c1-7(4-11)5-14-10(15)8-2-3-13-6-9(8)12/h2-3,6-7H,4-5H2,1H3,(H,14,15). The van der Waals surface area contributed by atoms with E-state index in [1.165, 1.54) is 6.20 Å². The number of carbonyl (C=O) groups is 1. The Labute approximate surface area is 102 Å². The van der Waals surface area contributed by atoms with Crippen LogP contribution < -0.4 is 5.32 Å². The van der Waals surface area contributed by atoms with E-state index in [2.05, 4.69) is 26.2 Å². The molecule has 0 aliphatic rings. The lowest BCUT2D eigenvalue weighted by Gasteiger charge is -2.09. The van der Waals surface area contributed by atoms with Crippen molar-refractivity contribution >= 4 is 33.4 Å². The van der Waals surface area contributed by atoms with E-state index in [1.807, 2.05) is 6.92 Å². The zero-order valence-electron chi connectivity index (χ0n) is 8.34. The molecule has 1 amide bonds. The first-order valence-electron chi connectivity index (χ1n) is 4.58. The highest BCUT2D eigenvalue weighted by molar-refractivity contribution is 9.09. The summed E-state index contributed by atoms with van der Waals surface area (Å²) in [4.78, 5) is 15.5. The van der Waals surface area contributed by atoms with Crippen molar-refractivity contribution in [1.82, 2.24) is 10.3 Å². The molecule has 0 aromatic carbocycles. The maximum atomic E-state index is 11.6. The topological polar surface area (TPSA) is 42.0 Å². The Morgan fingerprint density at radius 1 is 1.73 bits per heavy atom. The normalized spacial score (nSPS) is 12.2. The number of carbonyl (C=O) groups excluding carboxylic acids is 1. The Balaban J connectivity index is 2.58. The van der Waals surface area contributed by atoms with Crippen LogP contribution in [0.25, 0.3) is 0 Å². The van der Waals surface area contributed by atoms with Gasteiger partial charge >= 0.3 is 0 Å². The van der Waals surface area contributed by atoms with Crippen LogP contribution in [-0.4, -0.2) is 22.8 Å². The fourth-order valence-electron chi connectivity index (χ4n) is 0.976. The highest BCUT2D eigenvalue weighted by Crippen LogP contribution is 2.12. The second-order valence-corrected chi connectivity index (χ2v) is 4.38. The zero-order chi connectivity index (χ0) is 11.3. The van der Waals surface area contributed by atoms with E-state index < -0.39 is 0 Å². The minimum atomic E-state index is -0.157. The number of amides is 1. The van der Waals surface area contributed by atoms with Gasteiger partial charge in [0.05, 0.1) is 10.6 Å². The molecule has 3 nitrogen and oxygen atoms in total. The summed E-state index contributed by atoms with van der Waals surface area (Å²) < 4.78 is 0. The molecule has 1 atom stereocenters. The lowest BCUT2D eigenvalue weighted by atomic mass is 10.2. The summed E-state index contributed by atoms with van der Waals surface area (Å²) in [6, 6.07) is 1.61. The average Bonchev–Trinajstić information content (AvgIpc) is 2.26. The molecule has 15 heavy (non-hydrogen) atoms. The predicted octanol–water partition coefficient (Wildman–Crippen LogP) is 2.50. The summed E-state index contributed by atoms with van der Waals surface area (Å²) in [5.41, 5.74) is 0.466. The van der Waals surface area contributed by atoms with Gasteiger partial charge in [0.1, 0.15) is 0 Å². The second-order valence-electron chi connectivity index (χ2n) is 3.33. The summed E-state index contributed by atoms with van der Waals surface area (Å²) in [6.07, 6.45) is 3.01. The van der Waals surface area contributed by atoms with E-state index in [0.717, 1.165) is 5.33 Å². The van der Waals surface area contributed by atoms with E-state index in [-0.39, 0.29) is 5.91 Å². The summed E-state index contributed by atoms with van der Waals surface area (Å²) in [5, 5.41) is 4.04. The van der Waals surface area contributed by atoms with Gasteiger partial charge in [-0.15, -0.1) is 0 Å². The molecule has 0 aliphatic carbocycles. The maximum absolute atomic E-state index is 11.6. The third-order valence-electron chi connectivity index (χ3n) is 1.89. The van der Waals surface area contributed by atoms with Crippen LogP contribution >= 0.6 is 27.5 Å². The van der Waals surface area contributed by atoms with Crippen molar-refractivity contribution in [2.24, 2.45) is 5.92 Å². The van der Waals surface area contributed by atoms with Crippen LogP contribution in [0, 0.1) is 5.92 Å². The molecule has 0 spiro atoms. The minimum absolute atomic E-state index is 0.157. The molecule has 1 aromatic rings. The predicted molar refractivity (Wildman–Crippen MR) is 64.5 cm³/mol. The van der Waals surface area contributed by atoms with E-state index in [9.17, 15) is 4.79 Å². The van der Waals surface area contributed by atoms with Crippen molar-refractivity contribution in [2.75, 3.05) is 11.9 Å². The lowest BCUT2D eigenvalue weighted by molar-refractivity contribution is 0.0949. The second kappa shape index (κ2) is 6.08. The highest BCUT2D eigenvalue weighted by atomic mass is 79.9. The van der Waals surface area contributed by atoms with Gasteiger partial charge in [0.2, 0.25) is 0 Å². The first-order chi connectivity index (χ1) is 7.15. The van der Waals surface area contributed by atoms with Crippen LogP contribution in [0.2, 0.25) is 5.02 Å². The van der Waals surface area contributed by atoms with Crippen LogP contribution in [0.1, 0.15) is 17.3 Å². The van der Waals surface area contributed by atoms with E-state index in [1.54, 1.807) is 12.3 Å². The third kappa shape index (κ3) is 3.80. The maximum Gasteiger partial charge on any atom is 0.252 e. The Bertz CT molecular complexity index is 346. The van der Waals surface area contributed by atoms with Crippen LogP contribution in [0.4, 0.5) is 0 Å². The Morgan fingerprint density at radius 3 is 3.07 bits per heavy atom. The molecule has 1 heterocycles. The van der Waals surface area contributed by atoms with Crippen molar-refractivity contribution in [3.63, 3.8) is 0 Å². The summed E-state index contributed by atoms with van der Waals surface area (Å²) >= 11 is 9.18. The number of alkyl halides is 1. The molecule has 82 valence electrons. The molecular formula is C10H12BrClN2O. The molecule has 0 fully saturated rings. The number of aromatic nitrogens is 1. The number of halogens is 2. The molecule has 1 rings (SSSR count). The molecule has 0 aliphatic heterocycles. The molecule has 5 heteroatoms. The number of hydrogen-bond acceptors (Lipinski definition) is 2. The van der Waals surface area contributed by atoms with Gasteiger partial charge in [0.25, 0.3) is 5.91 Å². The van der Waals surface area contributed by atoms with Gasteiger partial charge in [0, 0.05) is 24.3 Å². The van der Waals surface area contributed by atoms with Gasteiger partial charge in [-0.2, -0.15) is 0 Å². The van der Waals surface area contributed by atoms with Crippen LogP contribution in [0.15, 0.2) is 18.5 Å². The molecule has 0 bridgehead atoms. The van der Waals surface area contributed by atoms with E-state index in [4.69, 9.17) is 11.6 Å². The summed E-state index contributed by atoms with van der Waals surface area (Å²) in [6.45, 7) is 2.67. The van der Waals surface area contributed by atoms with Crippen molar-refractivity contribution in [1.29, 1.82) is 0 Å². The van der Waals surface area contributed by atoms with Crippen LogP contribution in [0.5, 0.6) is 0 Å². The number of nitrogens with zero attached hydrogens (tertiary/aromatic N) is 1. The lowest BCUT2D eigenvalue weighted by Crippen LogP contribution is -2.29. The molecule has 1 unspecified atom stereocenters. The molecule has 1 aromatic heterocycles. The molecule has 0 saturated carbocycles. The molecule has 0 saturated heterocycles. The summed E-state index contributed by atoms with van der Waals surface area (Å²) in [7, 11) is 0. The first-order valence-corrected chi connectivity index (χ1v) is 6.08. The average molecular weight is 292 g/mol. The minimum Gasteiger partial charge on any atom is -0.352 e. The van der Waals surface area contributed by atoms with Crippen molar-refractivity contribution in [3.8, 4) is 0 Å². The van der Waals surface area contributed by atoms with Gasteiger partial charge < -0.3 is 5.32 Å². The molecule has 0 radical (unpaired) electrons. The van der Waals surface area contributed by atoms with Gasteiger partial charge in [-0.25, -0.2) is 0 Å². The van der Waals surface area contributed by atoms with Gasteiger partial charge in [0.15, 0.2) is 0 Å². The van der Waals surface area contributed by atoms with E-state index >= 15 is 0 Å². The molecular weight excluding hydrogens is 279 g/mol. The Kier molecular flexibility index (Phi) is 5.05. The first kappa shape index (κ1) is 12.5. The van der Waals surface area contributed by atoms with Crippen molar-refractivity contribution in [3.05, 3.63) is 29.0 Å². The summed E-state index contributed by atoms with van der Waals surface area (Å²) in [5.74, 6) is 0.241. The van der Waals surface area contributed by atoms with Crippen molar-refractivity contribution in [2.45, 2.75) is 6.92 Å². The largest absolute Gasteiger partial charge is 0.352 e. The number of hydrogen-bond donors (Lipinski definition) is 1. The highest BCUT2D eigenvalue weighted by Gasteiger charge is 2.10.